The van der Waals surface area contributed by atoms with Crippen molar-refractivity contribution in [2.75, 3.05) is 11.9 Å². The summed E-state index contributed by atoms with van der Waals surface area (Å²) in [4.78, 5) is 11.2. The number of H-pyrrole nitrogens is 1. The van der Waals surface area contributed by atoms with Crippen LogP contribution in [0.3, 0.4) is 0 Å². The molecule has 0 bridgehead atoms. The summed E-state index contributed by atoms with van der Waals surface area (Å²) >= 11 is 0. The highest BCUT2D eigenvalue weighted by Gasteiger charge is 2.30. The van der Waals surface area contributed by atoms with E-state index in [0.717, 1.165) is 5.82 Å². The van der Waals surface area contributed by atoms with Gasteiger partial charge in [0.25, 0.3) is 5.56 Å². The molecule has 4 N–H and O–H groups in total. The van der Waals surface area contributed by atoms with E-state index >= 15 is 0 Å². The molecule has 5 nitrogen and oxygen atoms in total. The van der Waals surface area contributed by atoms with E-state index in [1.807, 2.05) is 4.68 Å². The monoisotopic (exact) mass is 196 g/mol. The zero-order chi connectivity index (χ0) is 10.3. The van der Waals surface area contributed by atoms with Crippen molar-refractivity contribution in [2.24, 2.45) is 11.7 Å². The molecular weight excluding hydrogens is 180 g/mol. The van der Waals surface area contributed by atoms with Gasteiger partial charge in [-0.2, -0.15) is 0 Å². The van der Waals surface area contributed by atoms with Crippen LogP contribution in [-0.2, 0) is 0 Å². The van der Waals surface area contributed by atoms with Crippen LogP contribution in [0.2, 0.25) is 0 Å². The number of nitrogens with zero attached hydrogens (tertiary/aromatic N) is 1. The average Bonchev–Trinajstić information content (AvgIpc) is 2.47. The largest absolute Gasteiger partial charge is 0.367 e. The SMILES string of the molecule is CC1Nc2cc(=O)[nH]n2C(C)C1CN. The van der Waals surface area contributed by atoms with E-state index in [1.54, 1.807) is 6.07 Å². The normalized spacial score (nSPS) is 30.9. The van der Waals surface area contributed by atoms with Crippen LogP contribution < -0.4 is 16.6 Å². The fraction of sp³-hybridized carbons (Fsp3) is 0.667. The van der Waals surface area contributed by atoms with Gasteiger partial charge in [0, 0.05) is 18.0 Å². The summed E-state index contributed by atoms with van der Waals surface area (Å²) in [6.45, 7) is 4.79. The molecule has 1 aromatic rings. The minimum Gasteiger partial charge on any atom is -0.367 e. The second kappa shape index (κ2) is 3.16. The molecule has 1 aliphatic rings. The summed E-state index contributed by atoms with van der Waals surface area (Å²) in [7, 11) is 0. The molecule has 5 heteroatoms. The smallest absolute Gasteiger partial charge is 0.266 e. The van der Waals surface area contributed by atoms with Crippen LogP contribution in [0.1, 0.15) is 19.9 Å². The van der Waals surface area contributed by atoms with Gasteiger partial charge in [0.2, 0.25) is 0 Å². The Balaban J connectivity index is 2.42. The predicted molar refractivity (Wildman–Crippen MR) is 55.4 cm³/mol. The zero-order valence-corrected chi connectivity index (χ0v) is 8.45. The number of rotatable bonds is 1. The lowest BCUT2D eigenvalue weighted by atomic mass is 9.92. The van der Waals surface area contributed by atoms with Gasteiger partial charge in [-0.1, -0.05) is 0 Å². The molecule has 0 radical (unpaired) electrons. The maximum Gasteiger partial charge on any atom is 0.266 e. The third kappa shape index (κ3) is 1.24. The number of fused-ring (bicyclic) bond motifs is 1. The van der Waals surface area contributed by atoms with Crippen molar-refractivity contribution in [1.82, 2.24) is 9.78 Å². The molecule has 0 amide bonds. The average molecular weight is 196 g/mol. The summed E-state index contributed by atoms with van der Waals surface area (Å²) in [6.07, 6.45) is 0. The highest BCUT2D eigenvalue weighted by atomic mass is 16.1. The van der Waals surface area contributed by atoms with Gasteiger partial charge in [-0.3, -0.25) is 14.6 Å². The van der Waals surface area contributed by atoms with Crippen molar-refractivity contribution < 1.29 is 0 Å². The predicted octanol–water partition coefficient (Wildman–Crippen LogP) is 0.126. The topological polar surface area (TPSA) is 75.8 Å². The van der Waals surface area contributed by atoms with Gasteiger partial charge in [-0.05, 0) is 20.4 Å². The van der Waals surface area contributed by atoms with E-state index < -0.39 is 0 Å². The number of nitrogens with two attached hydrogens (primary N) is 1. The number of nitrogens with one attached hydrogen (secondary N) is 2. The van der Waals surface area contributed by atoms with E-state index in [4.69, 9.17) is 5.73 Å². The van der Waals surface area contributed by atoms with Crippen molar-refractivity contribution in [2.45, 2.75) is 25.9 Å². The number of anilines is 1. The van der Waals surface area contributed by atoms with Crippen LogP contribution >= 0.6 is 0 Å². The second-order valence-corrected chi connectivity index (χ2v) is 3.95. The third-order valence-electron chi connectivity index (χ3n) is 3.07. The molecule has 0 spiro atoms. The van der Waals surface area contributed by atoms with Crippen LogP contribution in [0.4, 0.5) is 5.82 Å². The second-order valence-electron chi connectivity index (χ2n) is 3.95. The molecule has 3 unspecified atom stereocenters. The Morgan fingerprint density at radius 3 is 2.93 bits per heavy atom. The van der Waals surface area contributed by atoms with Gasteiger partial charge in [0.15, 0.2) is 0 Å². The highest BCUT2D eigenvalue weighted by molar-refractivity contribution is 5.38. The van der Waals surface area contributed by atoms with Gasteiger partial charge in [-0.15, -0.1) is 0 Å². The Morgan fingerprint density at radius 1 is 1.57 bits per heavy atom. The van der Waals surface area contributed by atoms with Crippen LogP contribution in [0.15, 0.2) is 10.9 Å². The molecule has 0 aliphatic carbocycles. The Kier molecular flexibility index (Phi) is 2.11. The summed E-state index contributed by atoms with van der Waals surface area (Å²) in [5, 5.41) is 6.04. The van der Waals surface area contributed by atoms with Crippen molar-refractivity contribution >= 4 is 5.82 Å². The Morgan fingerprint density at radius 2 is 2.29 bits per heavy atom. The summed E-state index contributed by atoms with van der Waals surface area (Å²) in [5.74, 6) is 1.21. The fourth-order valence-corrected chi connectivity index (χ4v) is 2.19. The summed E-state index contributed by atoms with van der Waals surface area (Å²) in [5.41, 5.74) is 5.64. The van der Waals surface area contributed by atoms with Gasteiger partial charge < -0.3 is 11.1 Å². The van der Waals surface area contributed by atoms with E-state index in [0.29, 0.717) is 18.5 Å². The van der Waals surface area contributed by atoms with Crippen LogP contribution in [0, 0.1) is 5.92 Å². The number of aromatic amines is 1. The Bertz CT molecular complexity index is 380. The lowest BCUT2D eigenvalue weighted by Gasteiger charge is -2.36. The quantitative estimate of drug-likeness (QED) is 0.597. The summed E-state index contributed by atoms with van der Waals surface area (Å²) in [6, 6.07) is 2.14. The van der Waals surface area contributed by atoms with Gasteiger partial charge in [-0.25, -0.2) is 0 Å². The van der Waals surface area contributed by atoms with Gasteiger partial charge in [0.05, 0.1) is 6.04 Å². The lowest BCUT2D eigenvalue weighted by molar-refractivity contribution is 0.287. The molecule has 0 aromatic carbocycles. The number of hydrogen-bond donors (Lipinski definition) is 3. The van der Waals surface area contributed by atoms with E-state index in [9.17, 15) is 4.79 Å². The molecule has 1 aromatic heterocycles. The molecule has 0 fully saturated rings. The van der Waals surface area contributed by atoms with Crippen LogP contribution in [-0.4, -0.2) is 22.4 Å². The summed E-state index contributed by atoms with van der Waals surface area (Å²) < 4.78 is 1.86. The standard InChI is InChI=1S/C9H16N4O/c1-5-7(4-10)6(2)13-8(11-5)3-9(14)12-13/h3,5-7,11H,4,10H2,1-2H3,(H,12,14). The third-order valence-corrected chi connectivity index (χ3v) is 3.07. The van der Waals surface area contributed by atoms with E-state index in [1.165, 1.54) is 0 Å². The molecule has 0 saturated heterocycles. The first-order chi connectivity index (χ1) is 6.63. The van der Waals surface area contributed by atoms with Crippen LogP contribution in [0.25, 0.3) is 0 Å². The van der Waals surface area contributed by atoms with E-state index in [2.05, 4.69) is 24.3 Å². The van der Waals surface area contributed by atoms with E-state index in [-0.39, 0.29) is 11.6 Å². The molecule has 0 saturated carbocycles. The Hall–Kier alpha value is -1.23. The van der Waals surface area contributed by atoms with Gasteiger partial charge in [0.1, 0.15) is 5.82 Å². The molecule has 78 valence electrons. The maximum atomic E-state index is 11.2. The highest BCUT2D eigenvalue weighted by Crippen LogP contribution is 2.29. The van der Waals surface area contributed by atoms with Crippen molar-refractivity contribution in [1.29, 1.82) is 0 Å². The fourth-order valence-electron chi connectivity index (χ4n) is 2.19. The number of aromatic nitrogens is 2. The number of hydrogen-bond acceptors (Lipinski definition) is 3. The Labute approximate surface area is 82.3 Å². The molecule has 2 rings (SSSR count). The first kappa shape index (κ1) is 9.33. The van der Waals surface area contributed by atoms with Crippen LogP contribution in [0.5, 0.6) is 0 Å². The molecule has 14 heavy (non-hydrogen) atoms. The van der Waals surface area contributed by atoms with Crippen molar-refractivity contribution in [3.63, 3.8) is 0 Å². The lowest BCUT2D eigenvalue weighted by Crippen LogP contribution is -2.42. The maximum absolute atomic E-state index is 11.2. The minimum absolute atomic E-state index is 0.0655. The van der Waals surface area contributed by atoms with Crippen molar-refractivity contribution in [3.05, 3.63) is 16.4 Å². The molecule has 2 heterocycles. The molecule has 3 atom stereocenters. The molecule has 1 aliphatic heterocycles. The first-order valence-corrected chi connectivity index (χ1v) is 4.91. The van der Waals surface area contributed by atoms with Gasteiger partial charge >= 0.3 is 0 Å². The van der Waals surface area contributed by atoms with Crippen molar-refractivity contribution in [3.8, 4) is 0 Å². The first-order valence-electron chi connectivity index (χ1n) is 4.91. The minimum atomic E-state index is -0.0655. The zero-order valence-electron chi connectivity index (χ0n) is 8.45. The molecular formula is C9H16N4O.